The van der Waals surface area contributed by atoms with E-state index in [1.165, 1.54) is 43.2 Å². The monoisotopic (exact) mass is 220 g/mol. The fourth-order valence-corrected chi connectivity index (χ4v) is 1.91. The Balaban J connectivity index is 2.26. The zero-order valence-electron chi connectivity index (χ0n) is 10.9. The summed E-state index contributed by atoms with van der Waals surface area (Å²) in [4.78, 5) is 0. The van der Waals surface area contributed by atoms with E-state index >= 15 is 0 Å². The predicted molar refractivity (Wildman–Crippen MR) is 70.2 cm³/mol. The van der Waals surface area contributed by atoms with Gasteiger partial charge in [-0.05, 0) is 31.4 Å². The lowest BCUT2D eigenvalue weighted by molar-refractivity contribution is 0.300. The zero-order chi connectivity index (χ0) is 11.8. The molecule has 0 aliphatic carbocycles. The first-order valence-corrected chi connectivity index (χ1v) is 6.44. The van der Waals surface area contributed by atoms with Gasteiger partial charge < -0.3 is 4.74 Å². The first-order chi connectivity index (χ1) is 7.75. The van der Waals surface area contributed by atoms with Gasteiger partial charge in [-0.1, -0.05) is 50.8 Å². The van der Waals surface area contributed by atoms with Gasteiger partial charge in [-0.15, -0.1) is 0 Å². The lowest BCUT2D eigenvalue weighted by Gasteiger charge is -2.11. The number of rotatable bonds is 7. The van der Waals surface area contributed by atoms with E-state index in [0.29, 0.717) is 0 Å². The molecule has 0 N–H and O–H groups in total. The number of hydrogen-bond acceptors (Lipinski definition) is 1. The van der Waals surface area contributed by atoms with Gasteiger partial charge in [0.05, 0.1) is 6.61 Å². The van der Waals surface area contributed by atoms with Crippen molar-refractivity contribution < 1.29 is 4.74 Å². The maximum atomic E-state index is 5.85. The molecule has 0 saturated carbocycles. The Kier molecular flexibility index (Phi) is 5.99. The highest BCUT2D eigenvalue weighted by molar-refractivity contribution is 5.39. The summed E-state index contributed by atoms with van der Waals surface area (Å²) < 4.78 is 5.85. The van der Waals surface area contributed by atoms with Crippen molar-refractivity contribution in [1.82, 2.24) is 0 Å². The van der Waals surface area contributed by atoms with Crippen LogP contribution in [0.3, 0.4) is 0 Å². The minimum atomic E-state index is 0.857. The molecule has 0 spiro atoms. The van der Waals surface area contributed by atoms with Gasteiger partial charge in [-0.25, -0.2) is 0 Å². The number of aryl methyl sites for hydroxylation is 2. The fraction of sp³-hybridized carbons (Fsp3) is 0.600. The maximum absolute atomic E-state index is 5.85. The van der Waals surface area contributed by atoms with Gasteiger partial charge in [0.25, 0.3) is 0 Å². The van der Waals surface area contributed by atoms with Gasteiger partial charge in [0.1, 0.15) is 5.75 Å². The molecule has 0 fully saturated rings. The number of para-hydroxylation sites is 1. The molecule has 1 aromatic carbocycles. The molecule has 90 valence electrons. The van der Waals surface area contributed by atoms with Gasteiger partial charge in [0.15, 0.2) is 0 Å². The van der Waals surface area contributed by atoms with Crippen LogP contribution < -0.4 is 4.74 Å². The molecule has 1 heteroatoms. The van der Waals surface area contributed by atoms with E-state index in [1.807, 2.05) is 0 Å². The molecular formula is C15H24O. The molecule has 1 aromatic rings. The summed E-state index contributed by atoms with van der Waals surface area (Å²) in [6.07, 6.45) is 6.46. The molecule has 0 aliphatic heterocycles. The third-order valence-corrected chi connectivity index (χ3v) is 2.90. The average Bonchev–Trinajstić information content (AvgIpc) is 2.26. The van der Waals surface area contributed by atoms with Crippen molar-refractivity contribution in [3.8, 4) is 5.75 Å². The van der Waals surface area contributed by atoms with Crippen molar-refractivity contribution in [3.05, 3.63) is 29.3 Å². The summed E-state index contributed by atoms with van der Waals surface area (Å²) >= 11 is 0. The topological polar surface area (TPSA) is 9.23 Å². The van der Waals surface area contributed by atoms with Crippen molar-refractivity contribution in [2.75, 3.05) is 6.61 Å². The molecule has 0 unspecified atom stereocenters. The molecule has 0 radical (unpaired) electrons. The first-order valence-electron chi connectivity index (χ1n) is 6.44. The quantitative estimate of drug-likeness (QED) is 0.608. The summed E-state index contributed by atoms with van der Waals surface area (Å²) in [5.41, 5.74) is 2.49. The second kappa shape index (κ2) is 7.32. The van der Waals surface area contributed by atoms with Gasteiger partial charge in [-0.3, -0.25) is 0 Å². The van der Waals surface area contributed by atoms with Crippen LogP contribution >= 0.6 is 0 Å². The minimum absolute atomic E-state index is 0.857. The third-order valence-electron chi connectivity index (χ3n) is 2.90. The second-order valence-corrected chi connectivity index (χ2v) is 4.48. The Bertz CT molecular complexity index is 284. The Hall–Kier alpha value is -0.980. The summed E-state index contributed by atoms with van der Waals surface area (Å²) in [5, 5.41) is 0. The molecule has 1 rings (SSSR count). The van der Waals surface area contributed by atoms with E-state index in [2.05, 4.69) is 39.0 Å². The highest BCUT2D eigenvalue weighted by atomic mass is 16.5. The molecular weight excluding hydrogens is 196 g/mol. The molecule has 0 atom stereocenters. The van der Waals surface area contributed by atoms with Crippen LogP contribution in [0.5, 0.6) is 5.75 Å². The third kappa shape index (κ3) is 4.26. The van der Waals surface area contributed by atoms with E-state index in [9.17, 15) is 0 Å². The van der Waals surface area contributed by atoms with Crippen LogP contribution in [0.25, 0.3) is 0 Å². The zero-order valence-corrected chi connectivity index (χ0v) is 10.9. The SMILES string of the molecule is CCCCCCCOc1c(C)cccc1C. The van der Waals surface area contributed by atoms with E-state index in [-0.39, 0.29) is 0 Å². The lowest BCUT2D eigenvalue weighted by atomic mass is 10.1. The number of hydrogen-bond donors (Lipinski definition) is 0. The van der Waals surface area contributed by atoms with Gasteiger partial charge in [0.2, 0.25) is 0 Å². The smallest absolute Gasteiger partial charge is 0.125 e. The Morgan fingerprint density at radius 3 is 2.19 bits per heavy atom. The Labute approximate surface area is 99.8 Å². The molecule has 0 bridgehead atoms. The van der Waals surface area contributed by atoms with Gasteiger partial charge in [-0.2, -0.15) is 0 Å². The van der Waals surface area contributed by atoms with Crippen molar-refractivity contribution in [2.24, 2.45) is 0 Å². The van der Waals surface area contributed by atoms with Crippen molar-refractivity contribution in [3.63, 3.8) is 0 Å². The summed E-state index contributed by atoms with van der Waals surface area (Å²) in [5.74, 6) is 1.08. The average molecular weight is 220 g/mol. The number of benzene rings is 1. The fourth-order valence-electron chi connectivity index (χ4n) is 1.91. The van der Waals surface area contributed by atoms with Gasteiger partial charge in [0, 0.05) is 0 Å². The molecule has 1 nitrogen and oxygen atoms in total. The van der Waals surface area contributed by atoms with Crippen LogP contribution in [0, 0.1) is 13.8 Å². The highest BCUT2D eigenvalue weighted by Gasteiger charge is 2.02. The minimum Gasteiger partial charge on any atom is -0.493 e. The standard InChI is InChI=1S/C15H24O/c1-4-5-6-7-8-12-16-15-13(2)10-9-11-14(15)3/h9-11H,4-8,12H2,1-3H3. The summed E-state index contributed by atoms with van der Waals surface area (Å²) in [6.45, 7) is 7.32. The Morgan fingerprint density at radius 2 is 1.56 bits per heavy atom. The predicted octanol–water partition coefficient (Wildman–Crippen LogP) is 4.65. The van der Waals surface area contributed by atoms with Crippen LogP contribution in [0.4, 0.5) is 0 Å². The van der Waals surface area contributed by atoms with Crippen LogP contribution in [0.1, 0.15) is 50.2 Å². The molecule has 0 aromatic heterocycles. The highest BCUT2D eigenvalue weighted by Crippen LogP contribution is 2.22. The Morgan fingerprint density at radius 1 is 0.938 bits per heavy atom. The van der Waals surface area contributed by atoms with E-state index in [0.717, 1.165) is 12.4 Å². The van der Waals surface area contributed by atoms with Crippen LogP contribution in [0.15, 0.2) is 18.2 Å². The van der Waals surface area contributed by atoms with Crippen LogP contribution in [-0.2, 0) is 0 Å². The molecule has 0 heterocycles. The number of unbranched alkanes of at least 4 members (excludes halogenated alkanes) is 4. The number of ether oxygens (including phenoxy) is 1. The second-order valence-electron chi connectivity index (χ2n) is 4.48. The van der Waals surface area contributed by atoms with E-state index in [4.69, 9.17) is 4.74 Å². The van der Waals surface area contributed by atoms with Crippen LogP contribution in [-0.4, -0.2) is 6.61 Å². The largest absolute Gasteiger partial charge is 0.493 e. The maximum Gasteiger partial charge on any atom is 0.125 e. The van der Waals surface area contributed by atoms with E-state index in [1.54, 1.807) is 0 Å². The van der Waals surface area contributed by atoms with Crippen molar-refractivity contribution in [2.45, 2.75) is 52.9 Å². The van der Waals surface area contributed by atoms with Crippen molar-refractivity contribution in [1.29, 1.82) is 0 Å². The normalized spacial score (nSPS) is 10.4. The summed E-state index contributed by atoms with van der Waals surface area (Å²) in [6, 6.07) is 6.30. The lowest BCUT2D eigenvalue weighted by Crippen LogP contribution is -2.00. The molecule has 0 saturated heterocycles. The van der Waals surface area contributed by atoms with Crippen LogP contribution in [0.2, 0.25) is 0 Å². The first kappa shape index (κ1) is 13.1. The summed E-state index contributed by atoms with van der Waals surface area (Å²) in [7, 11) is 0. The molecule has 0 aliphatic rings. The van der Waals surface area contributed by atoms with E-state index < -0.39 is 0 Å². The molecule has 16 heavy (non-hydrogen) atoms. The van der Waals surface area contributed by atoms with Crippen molar-refractivity contribution >= 4 is 0 Å². The van der Waals surface area contributed by atoms with Gasteiger partial charge >= 0.3 is 0 Å². The molecule has 0 amide bonds.